The molecule has 2 N–H and O–H groups in total. The molecule has 0 amide bonds. The lowest BCUT2D eigenvalue weighted by Gasteiger charge is -2.09. The summed E-state index contributed by atoms with van der Waals surface area (Å²) in [6.07, 6.45) is 1.26. The maximum atomic E-state index is 10.9. The zero-order chi connectivity index (χ0) is 9.61. The Hall–Kier alpha value is -0.130. The second kappa shape index (κ2) is 5.50. The van der Waals surface area contributed by atoms with Gasteiger partial charge in [-0.25, -0.2) is 8.42 Å². The van der Waals surface area contributed by atoms with Crippen molar-refractivity contribution in [1.29, 1.82) is 0 Å². The molecule has 0 radical (unpaired) electrons. The molecular formula is C7H18N2O2S. The fourth-order valence-corrected chi connectivity index (χ4v) is 1.09. The van der Waals surface area contributed by atoms with Crippen molar-refractivity contribution < 1.29 is 8.42 Å². The van der Waals surface area contributed by atoms with E-state index in [0.29, 0.717) is 6.54 Å². The predicted octanol–water partition coefficient (Wildman–Crippen LogP) is -0.771. The molecule has 0 spiro atoms. The van der Waals surface area contributed by atoms with Gasteiger partial charge in [-0.05, 0) is 14.0 Å². The molecule has 0 rings (SSSR count). The largest absolute Gasteiger partial charge is 0.318 e. The van der Waals surface area contributed by atoms with Crippen LogP contribution in [-0.2, 0) is 9.84 Å². The lowest BCUT2D eigenvalue weighted by atomic mass is 10.4. The number of likely N-dealkylation sites (N-methyl/N-ethyl adjacent to an activating group) is 1. The van der Waals surface area contributed by atoms with Gasteiger partial charge in [-0.3, -0.25) is 0 Å². The van der Waals surface area contributed by atoms with Crippen LogP contribution in [0.15, 0.2) is 0 Å². The van der Waals surface area contributed by atoms with Gasteiger partial charge in [0.05, 0.1) is 5.25 Å². The fraction of sp³-hybridized carbons (Fsp3) is 1.00. The van der Waals surface area contributed by atoms with Gasteiger partial charge in [-0.2, -0.15) is 0 Å². The van der Waals surface area contributed by atoms with E-state index in [9.17, 15) is 8.42 Å². The van der Waals surface area contributed by atoms with Gasteiger partial charge in [-0.15, -0.1) is 0 Å². The lowest BCUT2D eigenvalue weighted by Crippen LogP contribution is -2.34. The highest BCUT2D eigenvalue weighted by Gasteiger charge is 2.13. The van der Waals surface area contributed by atoms with Gasteiger partial charge in [0, 0.05) is 25.9 Å². The third kappa shape index (κ3) is 5.51. The molecule has 0 aromatic heterocycles. The third-order valence-corrected chi connectivity index (χ3v) is 3.34. The summed E-state index contributed by atoms with van der Waals surface area (Å²) < 4.78 is 21.9. The molecule has 5 heteroatoms. The van der Waals surface area contributed by atoms with E-state index in [4.69, 9.17) is 0 Å². The zero-order valence-electron chi connectivity index (χ0n) is 7.92. The number of hydrogen-bond donors (Lipinski definition) is 2. The zero-order valence-corrected chi connectivity index (χ0v) is 8.74. The Morgan fingerprint density at radius 2 is 1.92 bits per heavy atom. The summed E-state index contributed by atoms with van der Waals surface area (Å²) in [5.41, 5.74) is 0. The summed E-state index contributed by atoms with van der Waals surface area (Å²) in [7, 11) is -1.01. The second-order valence-corrected chi connectivity index (χ2v) is 5.41. The van der Waals surface area contributed by atoms with Gasteiger partial charge in [0.15, 0.2) is 9.84 Å². The molecule has 0 bridgehead atoms. The normalized spacial score (nSPS) is 14.6. The molecule has 12 heavy (non-hydrogen) atoms. The van der Waals surface area contributed by atoms with Crippen LogP contribution in [0, 0.1) is 0 Å². The van der Waals surface area contributed by atoms with Crippen molar-refractivity contribution in [2.45, 2.75) is 12.2 Å². The lowest BCUT2D eigenvalue weighted by molar-refractivity contribution is 0.574. The highest BCUT2D eigenvalue weighted by atomic mass is 32.2. The molecule has 74 valence electrons. The van der Waals surface area contributed by atoms with E-state index in [1.807, 2.05) is 7.05 Å². The first-order valence-electron chi connectivity index (χ1n) is 4.02. The van der Waals surface area contributed by atoms with Crippen LogP contribution < -0.4 is 10.6 Å². The van der Waals surface area contributed by atoms with Crippen LogP contribution in [0.2, 0.25) is 0 Å². The van der Waals surface area contributed by atoms with Crippen molar-refractivity contribution in [2.75, 3.05) is 32.9 Å². The quantitative estimate of drug-likeness (QED) is 0.545. The fourth-order valence-electron chi connectivity index (χ4n) is 0.670. The topological polar surface area (TPSA) is 58.2 Å². The van der Waals surface area contributed by atoms with Crippen LogP contribution in [0.25, 0.3) is 0 Å². The number of hydrogen-bond acceptors (Lipinski definition) is 4. The van der Waals surface area contributed by atoms with Crippen LogP contribution >= 0.6 is 0 Å². The summed E-state index contributed by atoms with van der Waals surface area (Å²) in [6, 6.07) is 0. The van der Waals surface area contributed by atoms with Gasteiger partial charge in [0.1, 0.15) is 0 Å². The highest BCUT2D eigenvalue weighted by Crippen LogP contribution is 1.94. The Morgan fingerprint density at radius 3 is 2.33 bits per heavy atom. The molecular weight excluding hydrogens is 176 g/mol. The summed E-state index contributed by atoms with van der Waals surface area (Å²) in [6.45, 7) is 3.90. The maximum absolute atomic E-state index is 10.9. The molecule has 0 aliphatic rings. The van der Waals surface area contributed by atoms with E-state index in [2.05, 4.69) is 10.6 Å². The van der Waals surface area contributed by atoms with Gasteiger partial charge < -0.3 is 10.6 Å². The number of rotatable bonds is 6. The molecule has 0 saturated heterocycles. The minimum absolute atomic E-state index is 0.297. The molecule has 1 atom stereocenters. The minimum atomic E-state index is -2.87. The molecule has 0 aliphatic heterocycles. The van der Waals surface area contributed by atoms with Crippen molar-refractivity contribution in [1.82, 2.24) is 10.6 Å². The van der Waals surface area contributed by atoms with Gasteiger partial charge >= 0.3 is 0 Å². The summed E-state index contributed by atoms with van der Waals surface area (Å²) >= 11 is 0. The molecule has 0 saturated carbocycles. The standard InChI is InChI=1S/C7H18N2O2S/c1-7(12(3,10)11)6-9-5-4-8-2/h7-9H,4-6H2,1-3H3. The van der Waals surface area contributed by atoms with Crippen LogP contribution in [0.1, 0.15) is 6.92 Å². The van der Waals surface area contributed by atoms with Crippen molar-refractivity contribution in [3.63, 3.8) is 0 Å². The second-order valence-electron chi connectivity index (χ2n) is 2.95. The summed E-state index contributed by atoms with van der Waals surface area (Å²) in [5.74, 6) is 0. The van der Waals surface area contributed by atoms with E-state index in [1.54, 1.807) is 6.92 Å². The van der Waals surface area contributed by atoms with Crippen molar-refractivity contribution >= 4 is 9.84 Å². The third-order valence-electron chi connectivity index (χ3n) is 1.71. The summed E-state index contributed by atoms with van der Waals surface area (Å²) in [5, 5.41) is 5.72. The Balaban J connectivity index is 3.52. The molecule has 0 heterocycles. The first-order chi connectivity index (χ1) is 5.48. The molecule has 0 aromatic carbocycles. The van der Waals surface area contributed by atoms with E-state index in [0.717, 1.165) is 13.1 Å². The van der Waals surface area contributed by atoms with Gasteiger partial charge in [0.2, 0.25) is 0 Å². The Bertz CT molecular complexity index is 201. The number of nitrogens with one attached hydrogen (secondary N) is 2. The monoisotopic (exact) mass is 194 g/mol. The van der Waals surface area contributed by atoms with Crippen LogP contribution in [0.5, 0.6) is 0 Å². The van der Waals surface area contributed by atoms with Crippen LogP contribution in [0.3, 0.4) is 0 Å². The average molecular weight is 194 g/mol. The molecule has 1 unspecified atom stereocenters. The van der Waals surface area contributed by atoms with Crippen LogP contribution in [-0.4, -0.2) is 46.6 Å². The Kier molecular flexibility index (Phi) is 5.44. The van der Waals surface area contributed by atoms with Crippen molar-refractivity contribution in [3.05, 3.63) is 0 Å². The van der Waals surface area contributed by atoms with E-state index >= 15 is 0 Å². The van der Waals surface area contributed by atoms with Crippen molar-refractivity contribution in [3.8, 4) is 0 Å². The Morgan fingerprint density at radius 1 is 1.33 bits per heavy atom. The molecule has 0 aliphatic carbocycles. The van der Waals surface area contributed by atoms with Crippen LogP contribution in [0.4, 0.5) is 0 Å². The van der Waals surface area contributed by atoms with E-state index < -0.39 is 9.84 Å². The average Bonchev–Trinajstić information content (AvgIpc) is 1.96. The van der Waals surface area contributed by atoms with E-state index in [-0.39, 0.29) is 5.25 Å². The summed E-state index contributed by atoms with van der Waals surface area (Å²) in [4.78, 5) is 0. The maximum Gasteiger partial charge on any atom is 0.151 e. The minimum Gasteiger partial charge on any atom is -0.318 e. The highest BCUT2D eigenvalue weighted by molar-refractivity contribution is 7.91. The van der Waals surface area contributed by atoms with Gasteiger partial charge in [0.25, 0.3) is 0 Å². The first kappa shape index (κ1) is 11.9. The first-order valence-corrected chi connectivity index (χ1v) is 5.98. The number of sulfone groups is 1. The van der Waals surface area contributed by atoms with Crippen molar-refractivity contribution in [2.24, 2.45) is 0 Å². The van der Waals surface area contributed by atoms with E-state index in [1.165, 1.54) is 6.26 Å². The SMILES string of the molecule is CNCCNCC(C)S(C)(=O)=O. The molecule has 0 aromatic rings. The molecule has 0 fully saturated rings. The smallest absolute Gasteiger partial charge is 0.151 e. The van der Waals surface area contributed by atoms with Gasteiger partial charge in [-0.1, -0.05) is 0 Å². The molecule has 4 nitrogen and oxygen atoms in total. The Labute approximate surface area is 74.7 Å². The predicted molar refractivity (Wildman–Crippen MR) is 51.1 cm³/mol.